The first kappa shape index (κ1) is 20.9. The van der Waals surface area contributed by atoms with Crippen molar-refractivity contribution in [2.24, 2.45) is 0 Å². The average molecular weight is 429 g/mol. The van der Waals surface area contributed by atoms with Crippen molar-refractivity contribution < 1.29 is 19.6 Å². The van der Waals surface area contributed by atoms with Gasteiger partial charge in [0.1, 0.15) is 5.76 Å². The summed E-state index contributed by atoms with van der Waals surface area (Å²) in [5.74, 6) is -2.01. The lowest BCUT2D eigenvalue weighted by Gasteiger charge is -2.26. The number of hydrogen-bond donors (Lipinski definition) is 1. The van der Waals surface area contributed by atoms with Crippen molar-refractivity contribution in [2.75, 3.05) is 4.90 Å². The number of nitro benzene ring substituents is 1. The molecule has 0 spiro atoms. The van der Waals surface area contributed by atoms with Gasteiger partial charge in [-0.25, -0.2) is 0 Å². The van der Waals surface area contributed by atoms with Gasteiger partial charge in [0, 0.05) is 35.8 Å². The fourth-order valence-corrected chi connectivity index (χ4v) is 3.81. The van der Waals surface area contributed by atoms with Gasteiger partial charge in [0.15, 0.2) is 0 Å². The summed E-state index contributed by atoms with van der Waals surface area (Å²) >= 11 is 0. The van der Waals surface area contributed by atoms with Crippen molar-refractivity contribution >= 4 is 28.8 Å². The van der Waals surface area contributed by atoms with E-state index in [9.17, 15) is 24.8 Å². The van der Waals surface area contributed by atoms with E-state index in [2.05, 4.69) is 4.98 Å². The number of aryl methyl sites for hydroxylation is 2. The van der Waals surface area contributed by atoms with E-state index in [1.54, 1.807) is 18.3 Å². The second-order valence-corrected chi connectivity index (χ2v) is 7.55. The number of Topliss-reactive ketones (excluding diaryl/α,β-unsaturated/α-hetero) is 1. The van der Waals surface area contributed by atoms with Crippen molar-refractivity contribution in [3.63, 3.8) is 0 Å². The number of anilines is 1. The molecular weight excluding hydrogens is 410 g/mol. The minimum atomic E-state index is -0.903. The van der Waals surface area contributed by atoms with E-state index >= 15 is 0 Å². The quantitative estimate of drug-likeness (QED) is 0.218. The molecule has 1 saturated heterocycles. The number of benzene rings is 2. The van der Waals surface area contributed by atoms with Crippen LogP contribution in [0.3, 0.4) is 0 Å². The Labute approximate surface area is 183 Å². The Hall–Kier alpha value is -4.33. The number of carbonyl (C=O) groups is 2. The molecule has 2 heterocycles. The lowest BCUT2D eigenvalue weighted by molar-refractivity contribution is -0.384. The topological polar surface area (TPSA) is 114 Å². The van der Waals surface area contributed by atoms with Crippen LogP contribution in [0, 0.1) is 24.0 Å². The molecule has 8 nitrogen and oxygen atoms in total. The number of nitrogens with zero attached hydrogens (tertiary/aromatic N) is 3. The minimum absolute atomic E-state index is 0.0993. The maximum Gasteiger partial charge on any atom is 0.300 e. The van der Waals surface area contributed by atoms with Crippen molar-refractivity contribution in [3.8, 4) is 0 Å². The summed E-state index contributed by atoms with van der Waals surface area (Å²) in [4.78, 5) is 42.2. The molecule has 1 aromatic heterocycles. The Kier molecular flexibility index (Phi) is 5.28. The van der Waals surface area contributed by atoms with Crippen LogP contribution in [0.5, 0.6) is 0 Å². The highest BCUT2D eigenvalue weighted by molar-refractivity contribution is 6.51. The van der Waals surface area contributed by atoms with Gasteiger partial charge in [0.2, 0.25) is 0 Å². The Morgan fingerprint density at radius 2 is 1.81 bits per heavy atom. The van der Waals surface area contributed by atoms with Crippen LogP contribution in [0.25, 0.3) is 5.76 Å². The lowest BCUT2D eigenvalue weighted by Crippen LogP contribution is -2.30. The lowest BCUT2D eigenvalue weighted by atomic mass is 9.95. The molecule has 0 aliphatic carbocycles. The molecule has 1 unspecified atom stereocenters. The molecule has 0 saturated carbocycles. The maximum absolute atomic E-state index is 13.2. The summed E-state index contributed by atoms with van der Waals surface area (Å²) in [7, 11) is 0. The summed E-state index contributed by atoms with van der Waals surface area (Å²) < 4.78 is 0. The second kappa shape index (κ2) is 8.07. The summed E-state index contributed by atoms with van der Waals surface area (Å²) in [5.41, 5.74) is 2.76. The van der Waals surface area contributed by atoms with Crippen molar-refractivity contribution in [3.05, 3.63) is 105 Å². The van der Waals surface area contributed by atoms with Crippen LogP contribution in [-0.4, -0.2) is 26.7 Å². The van der Waals surface area contributed by atoms with Crippen LogP contribution in [-0.2, 0) is 9.59 Å². The molecule has 0 bridgehead atoms. The van der Waals surface area contributed by atoms with Crippen LogP contribution in [0.4, 0.5) is 11.4 Å². The van der Waals surface area contributed by atoms with Crippen LogP contribution < -0.4 is 4.90 Å². The van der Waals surface area contributed by atoms with Gasteiger partial charge in [-0.05, 0) is 54.8 Å². The Balaban J connectivity index is 1.94. The number of aliphatic hydroxyl groups is 1. The largest absolute Gasteiger partial charge is 0.507 e. The van der Waals surface area contributed by atoms with Crippen LogP contribution in [0.1, 0.15) is 28.3 Å². The molecular formula is C24H19N3O5. The third-order valence-corrected chi connectivity index (χ3v) is 5.42. The zero-order valence-corrected chi connectivity index (χ0v) is 17.4. The predicted octanol–water partition coefficient (Wildman–Crippen LogP) is 4.23. The number of pyridine rings is 1. The molecule has 1 N–H and O–H groups in total. The van der Waals surface area contributed by atoms with Crippen LogP contribution >= 0.6 is 0 Å². The van der Waals surface area contributed by atoms with Gasteiger partial charge in [-0.2, -0.15) is 0 Å². The van der Waals surface area contributed by atoms with E-state index in [1.807, 2.05) is 32.0 Å². The van der Waals surface area contributed by atoms with Crippen molar-refractivity contribution in [2.45, 2.75) is 19.9 Å². The van der Waals surface area contributed by atoms with Gasteiger partial charge in [-0.15, -0.1) is 0 Å². The molecule has 0 radical (unpaired) electrons. The molecule has 3 aromatic rings. The fourth-order valence-electron chi connectivity index (χ4n) is 3.81. The van der Waals surface area contributed by atoms with Gasteiger partial charge in [0.05, 0.1) is 16.5 Å². The number of amides is 1. The van der Waals surface area contributed by atoms with E-state index in [0.29, 0.717) is 11.3 Å². The number of hydrogen-bond acceptors (Lipinski definition) is 6. The summed E-state index contributed by atoms with van der Waals surface area (Å²) in [6.45, 7) is 3.72. The number of rotatable bonds is 4. The van der Waals surface area contributed by atoms with Gasteiger partial charge in [0.25, 0.3) is 17.4 Å². The molecule has 1 fully saturated rings. The summed E-state index contributed by atoms with van der Waals surface area (Å²) in [5, 5.41) is 22.0. The van der Waals surface area contributed by atoms with Gasteiger partial charge in [-0.1, -0.05) is 18.2 Å². The summed E-state index contributed by atoms with van der Waals surface area (Å²) in [6, 6.07) is 13.2. The Morgan fingerprint density at radius 1 is 1.09 bits per heavy atom. The smallest absolute Gasteiger partial charge is 0.300 e. The highest BCUT2D eigenvalue weighted by Crippen LogP contribution is 2.43. The molecule has 160 valence electrons. The van der Waals surface area contributed by atoms with Crippen LogP contribution in [0.15, 0.2) is 72.6 Å². The van der Waals surface area contributed by atoms with Crippen LogP contribution in [0.2, 0.25) is 0 Å². The van der Waals surface area contributed by atoms with Crippen molar-refractivity contribution in [1.82, 2.24) is 4.98 Å². The van der Waals surface area contributed by atoms with Crippen molar-refractivity contribution in [1.29, 1.82) is 0 Å². The van der Waals surface area contributed by atoms with E-state index in [1.165, 1.54) is 35.4 Å². The highest BCUT2D eigenvalue weighted by atomic mass is 16.6. The molecule has 4 rings (SSSR count). The number of ketones is 1. The van der Waals surface area contributed by atoms with Gasteiger partial charge in [-0.3, -0.25) is 29.6 Å². The van der Waals surface area contributed by atoms with E-state index in [-0.39, 0.29) is 16.8 Å². The number of nitro groups is 1. The third-order valence-electron chi connectivity index (χ3n) is 5.42. The molecule has 32 heavy (non-hydrogen) atoms. The van der Waals surface area contributed by atoms with Gasteiger partial charge < -0.3 is 5.11 Å². The number of non-ortho nitro benzene ring substituents is 1. The standard InChI is InChI=1S/C24H19N3O5/c1-14-5-6-15(2)19(12-14)26-21(17-4-3-11-25-13-17)20(23(29)24(26)30)22(28)16-7-9-18(10-8-16)27(31)32/h3-13,21,28H,1-2H3/b22-20-. The molecule has 1 amide bonds. The number of aliphatic hydroxyl groups excluding tert-OH is 1. The minimum Gasteiger partial charge on any atom is -0.507 e. The molecule has 8 heteroatoms. The van der Waals surface area contributed by atoms with E-state index < -0.39 is 28.4 Å². The zero-order chi connectivity index (χ0) is 23.0. The normalized spacial score (nSPS) is 17.6. The first-order valence-electron chi connectivity index (χ1n) is 9.82. The van der Waals surface area contributed by atoms with E-state index in [4.69, 9.17) is 0 Å². The molecule has 1 atom stereocenters. The average Bonchev–Trinajstić information content (AvgIpc) is 3.06. The number of aromatic nitrogens is 1. The van der Waals surface area contributed by atoms with E-state index in [0.717, 1.165) is 11.1 Å². The molecule has 2 aromatic carbocycles. The second-order valence-electron chi connectivity index (χ2n) is 7.55. The number of carbonyl (C=O) groups excluding carboxylic acids is 2. The first-order chi connectivity index (χ1) is 15.3. The fraction of sp³-hybridized carbons (Fsp3) is 0.125. The highest BCUT2D eigenvalue weighted by Gasteiger charge is 2.47. The molecule has 1 aliphatic rings. The Bertz CT molecular complexity index is 1270. The third kappa shape index (κ3) is 3.51. The Morgan fingerprint density at radius 3 is 2.44 bits per heavy atom. The van der Waals surface area contributed by atoms with Gasteiger partial charge >= 0.3 is 0 Å². The predicted molar refractivity (Wildman–Crippen MR) is 118 cm³/mol. The SMILES string of the molecule is Cc1ccc(C)c(N2C(=O)C(=O)/C(=C(\O)c3ccc([N+](=O)[O-])cc3)C2c2cccnc2)c1. The maximum atomic E-state index is 13.2. The first-order valence-corrected chi connectivity index (χ1v) is 9.82. The zero-order valence-electron chi connectivity index (χ0n) is 17.4. The molecule has 1 aliphatic heterocycles. The summed E-state index contributed by atoms with van der Waals surface area (Å²) in [6.07, 6.45) is 3.11. The monoisotopic (exact) mass is 429 g/mol.